The molecule has 0 fully saturated rings. The summed E-state index contributed by atoms with van der Waals surface area (Å²) < 4.78 is 0. The van der Waals surface area contributed by atoms with Crippen molar-refractivity contribution in [3.63, 3.8) is 0 Å². The van der Waals surface area contributed by atoms with Gasteiger partial charge in [-0.15, -0.1) is 0 Å². The third kappa shape index (κ3) is 3.18. The number of carbonyl (C=O) groups excluding carboxylic acids is 1. The maximum atomic E-state index is 12.1. The predicted molar refractivity (Wildman–Crippen MR) is 84.4 cm³/mol. The number of carbonyl (C=O) groups is 1. The Balaban J connectivity index is 2.13. The molecule has 2 aromatic carbocycles. The minimum Gasteiger partial charge on any atom is -0.307 e. The SMILES string of the molecule is CCc1ccccc1NC(=O)Nc1c(C)cccc1C. The first-order valence-corrected chi connectivity index (χ1v) is 6.84. The highest BCUT2D eigenvalue weighted by Gasteiger charge is 2.08. The van der Waals surface area contributed by atoms with Gasteiger partial charge in [0.05, 0.1) is 0 Å². The molecule has 0 aromatic heterocycles. The van der Waals surface area contributed by atoms with Crippen LogP contribution in [0, 0.1) is 13.8 Å². The van der Waals surface area contributed by atoms with E-state index in [0.29, 0.717) is 0 Å². The van der Waals surface area contributed by atoms with E-state index in [4.69, 9.17) is 0 Å². The number of benzene rings is 2. The van der Waals surface area contributed by atoms with Crippen LogP contribution in [0.15, 0.2) is 42.5 Å². The second kappa shape index (κ2) is 6.24. The fourth-order valence-corrected chi connectivity index (χ4v) is 2.23. The van der Waals surface area contributed by atoms with Gasteiger partial charge in [0.2, 0.25) is 0 Å². The van der Waals surface area contributed by atoms with Crippen molar-refractivity contribution in [2.75, 3.05) is 10.6 Å². The maximum Gasteiger partial charge on any atom is 0.323 e. The van der Waals surface area contributed by atoms with E-state index in [-0.39, 0.29) is 6.03 Å². The third-order valence-electron chi connectivity index (χ3n) is 3.37. The summed E-state index contributed by atoms with van der Waals surface area (Å²) in [6, 6.07) is 13.6. The van der Waals surface area contributed by atoms with Crippen LogP contribution in [0.5, 0.6) is 0 Å². The topological polar surface area (TPSA) is 41.1 Å². The second-order valence-electron chi connectivity index (χ2n) is 4.86. The fraction of sp³-hybridized carbons (Fsp3) is 0.235. The third-order valence-corrected chi connectivity index (χ3v) is 3.37. The van der Waals surface area contributed by atoms with Crippen LogP contribution in [0.2, 0.25) is 0 Å². The average Bonchev–Trinajstić information content (AvgIpc) is 2.44. The van der Waals surface area contributed by atoms with Gasteiger partial charge >= 0.3 is 6.03 Å². The van der Waals surface area contributed by atoms with Gasteiger partial charge in [-0.2, -0.15) is 0 Å². The van der Waals surface area contributed by atoms with Gasteiger partial charge in [-0.1, -0.05) is 43.3 Å². The molecule has 20 heavy (non-hydrogen) atoms. The summed E-state index contributed by atoms with van der Waals surface area (Å²) in [5, 5.41) is 5.84. The standard InChI is InChI=1S/C17H20N2O/c1-4-14-10-5-6-11-15(14)18-17(20)19-16-12(2)8-7-9-13(16)3/h5-11H,4H2,1-3H3,(H2,18,19,20). The van der Waals surface area contributed by atoms with Crippen molar-refractivity contribution in [3.8, 4) is 0 Å². The van der Waals surface area contributed by atoms with Crippen LogP contribution >= 0.6 is 0 Å². The minimum atomic E-state index is -0.205. The molecule has 0 aliphatic rings. The molecule has 0 aliphatic carbocycles. The van der Waals surface area contributed by atoms with E-state index in [0.717, 1.165) is 34.5 Å². The molecule has 0 radical (unpaired) electrons. The second-order valence-corrected chi connectivity index (χ2v) is 4.86. The molecule has 0 spiro atoms. The molecule has 0 heterocycles. The fourth-order valence-electron chi connectivity index (χ4n) is 2.23. The first-order chi connectivity index (χ1) is 9.61. The number of nitrogens with one attached hydrogen (secondary N) is 2. The molecule has 0 saturated carbocycles. The first-order valence-electron chi connectivity index (χ1n) is 6.84. The van der Waals surface area contributed by atoms with Crippen molar-refractivity contribution >= 4 is 17.4 Å². The molecule has 0 bridgehead atoms. The van der Waals surface area contributed by atoms with Crippen LogP contribution in [-0.4, -0.2) is 6.03 Å². The quantitative estimate of drug-likeness (QED) is 0.844. The van der Waals surface area contributed by atoms with E-state index < -0.39 is 0 Å². The summed E-state index contributed by atoms with van der Waals surface area (Å²) in [6.07, 6.45) is 0.889. The number of hydrogen-bond acceptors (Lipinski definition) is 1. The van der Waals surface area contributed by atoms with E-state index in [1.54, 1.807) is 0 Å². The van der Waals surface area contributed by atoms with Gasteiger partial charge in [0, 0.05) is 11.4 Å². The zero-order valence-electron chi connectivity index (χ0n) is 12.2. The number of anilines is 2. The van der Waals surface area contributed by atoms with Crippen LogP contribution in [0.3, 0.4) is 0 Å². The molecule has 0 atom stereocenters. The van der Waals surface area contributed by atoms with Crippen molar-refractivity contribution in [1.82, 2.24) is 0 Å². The molecular formula is C17H20N2O. The predicted octanol–water partition coefficient (Wildman–Crippen LogP) is 4.51. The van der Waals surface area contributed by atoms with Gasteiger partial charge in [0.25, 0.3) is 0 Å². The Bertz CT molecular complexity index is 600. The lowest BCUT2D eigenvalue weighted by atomic mass is 10.1. The van der Waals surface area contributed by atoms with Gasteiger partial charge in [0.15, 0.2) is 0 Å². The molecule has 2 amide bonds. The van der Waals surface area contributed by atoms with E-state index >= 15 is 0 Å². The number of urea groups is 1. The summed E-state index contributed by atoms with van der Waals surface area (Å²) >= 11 is 0. The van der Waals surface area contributed by atoms with Crippen LogP contribution in [0.1, 0.15) is 23.6 Å². The molecule has 3 nitrogen and oxygen atoms in total. The Morgan fingerprint density at radius 3 is 2.25 bits per heavy atom. The van der Waals surface area contributed by atoms with E-state index in [1.165, 1.54) is 0 Å². The van der Waals surface area contributed by atoms with Crippen LogP contribution in [-0.2, 0) is 6.42 Å². The van der Waals surface area contributed by atoms with Crippen LogP contribution in [0.25, 0.3) is 0 Å². The van der Waals surface area contributed by atoms with Gasteiger partial charge < -0.3 is 10.6 Å². The monoisotopic (exact) mass is 268 g/mol. The summed E-state index contributed by atoms with van der Waals surface area (Å²) in [6.45, 7) is 6.05. The van der Waals surface area contributed by atoms with Crippen LogP contribution in [0.4, 0.5) is 16.2 Å². The number of amides is 2. The molecule has 104 valence electrons. The zero-order valence-corrected chi connectivity index (χ0v) is 12.2. The zero-order chi connectivity index (χ0) is 14.5. The Labute approximate surface area is 120 Å². The Morgan fingerprint density at radius 1 is 0.950 bits per heavy atom. The van der Waals surface area contributed by atoms with Crippen molar-refractivity contribution in [3.05, 3.63) is 59.2 Å². The Kier molecular flexibility index (Phi) is 4.41. The summed E-state index contributed by atoms with van der Waals surface area (Å²) in [4.78, 5) is 12.1. The van der Waals surface area contributed by atoms with Crippen LogP contribution < -0.4 is 10.6 Å². The van der Waals surface area contributed by atoms with E-state index in [9.17, 15) is 4.79 Å². The normalized spacial score (nSPS) is 10.2. The van der Waals surface area contributed by atoms with Gasteiger partial charge in [-0.25, -0.2) is 4.79 Å². The molecule has 0 aliphatic heterocycles. The average molecular weight is 268 g/mol. The van der Waals surface area contributed by atoms with Crippen molar-refractivity contribution in [2.45, 2.75) is 27.2 Å². The molecule has 2 rings (SSSR count). The lowest BCUT2D eigenvalue weighted by Crippen LogP contribution is -2.21. The van der Waals surface area contributed by atoms with Gasteiger partial charge in [0.1, 0.15) is 0 Å². The number of para-hydroxylation sites is 2. The summed E-state index contributed by atoms with van der Waals surface area (Å²) in [7, 11) is 0. The Hall–Kier alpha value is -2.29. The number of aryl methyl sites for hydroxylation is 3. The molecule has 0 saturated heterocycles. The largest absolute Gasteiger partial charge is 0.323 e. The van der Waals surface area contributed by atoms with E-state index in [2.05, 4.69) is 17.6 Å². The molecule has 0 unspecified atom stereocenters. The molecular weight excluding hydrogens is 248 g/mol. The van der Waals surface area contributed by atoms with Gasteiger partial charge in [-0.05, 0) is 43.0 Å². The van der Waals surface area contributed by atoms with Crippen molar-refractivity contribution in [2.24, 2.45) is 0 Å². The minimum absolute atomic E-state index is 0.205. The molecule has 2 aromatic rings. The summed E-state index contributed by atoms with van der Waals surface area (Å²) in [5.74, 6) is 0. The maximum absolute atomic E-state index is 12.1. The first kappa shape index (κ1) is 14.1. The summed E-state index contributed by atoms with van der Waals surface area (Å²) in [5.41, 5.74) is 4.98. The van der Waals surface area contributed by atoms with E-state index in [1.807, 2.05) is 56.3 Å². The van der Waals surface area contributed by atoms with Crippen molar-refractivity contribution < 1.29 is 4.79 Å². The lowest BCUT2D eigenvalue weighted by molar-refractivity contribution is 0.262. The lowest BCUT2D eigenvalue weighted by Gasteiger charge is -2.14. The van der Waals surface area contributed by atoms with Gasteiger partial charge in [-0.3, -0.25) is 0 Å². The highest BCUT2D eigenvalue weighted by molar-refractivity contribution is 6.01. The molecule has 3 heteroatoms. The Morgan fingerprint density at radius 2 is 1.60 bits per heavy atom. The number of rotatable bonds is 3. The highest BCUT2D eigenvalue weighted by atomic mass is 16.2. The molecule has 2 N–H and O–H groups in total. The smallest absolute Gasteiger partial charge is 0.307 e. The van der Waals surface area contributed by atoms with Crippen molar-refractivity contribution in [1.29, 1.82) is 0 Å². The number of hydrogen-bond donors (Lipinski definition) is 2. The highest BCUT2D eigenvalue weighted by Crippen LogP contribution is 2.20.